The van der Waals surface area contributed by atoms with E-state index in [0.29, 0.717) is 0 Å². The highest BCUT2D eigenvalue weighted by Crippen LogP contribution is 2.30. The number of nitrogens with one attached hydrogen (secondary N) is 1. The van der Waals surface area contributed by atoms with Crippen molar-refractivity contribution in [3.05, 3.63) is 20.8 Å². The summed E-state index contributed by atoms with van der Waals surface area (Å²) in [5.41, 5.74) is -0.758. The van der Waals surface area contributed by atoms with Gasteiger partial charge < -0.3 is 5.32 Å². The van der Waals surface area contributed by atoms with Crippen LogP contribution in [0.4, 0.5) is 5.82 Å². The zero-order valence-corrected chi connectivity index (χ0v) is 12.6. The molecule has 0 saturated heterocycles. The van der Waals surface area contributed by atoms with E-state index in [1.165, 1.54) is 37.4 Å². The van der Waals surface area contributed by atoms with Gasteiger partial charge in [-0.25, -0.2) is 9.48 Å². The summed E-state index contributed by atoms with van der Waals surface area (Å²) in [6.07, 6.45) is 6.27. The predicted octanol–water partition coefficient (Wildman–Crippen LogP) is 1.11. The first-order chi connectivity index (χ1) is 9.49. The summed E-state index contributed by atoms with van der Waals surface area (Å²) >= 11 is 0. The molecule has 1 saturated carbocycles. The average molecular weight is 280 g/mol. The van der Waals surface area contributed by atoms with Gasteiger partial charge in [0, 0.05) is 20.6 Å². The molecule has 1 aromatic heterocycles. The molecule has 1 aromatic rings. The minimum absolute atomic E-state index is 0.262. The van der Waals surface area contributed by atoms with Crippen molar-refractivity contribution < 1.29 is 0 Å². The minimum Gasteiger partial charge on any atom is -0.364 e. The molecule has 2 unspecified atom stereocenters. The highest BCUT2D eigenvalue weighted by Gasteiger charge is 2.18. The van der Waals surface area contributed by atoms with E-state index in [9.17, 15) is 9.59 Å². The van der Waals surface area contributed by atoms with Crippen molar-refractivity contribution in [3.63, 3.8) is 0 Å². The molecule has 1 heterocycles. The summed E-state index contributed by atoms with van der Waals surface area (Å²) in [7, 11) is 3.02. The summed E-state index contributed by atoms with van der Waals surface area (Å²) < 4.78 is 2.27. The molecule has 6 nitrogen and oxygen atoms in total. The maximum atomic E-state index is 11.9. The normalized spacial score (nSPS) is 22.8. The number of anilines is 1. The topological polar surface area (TPSA) is 68.9 Å². The van der Waals surface area contributed by atoms with Gasteiger partial charge in [0.05, 0.1) is 0 Å². The van der Waals surface area contributed by atoms with Gasteiger partial charge in [0.15, 0.2) is 0 Å². The lowest BCUT2D eigenvalue weighted by molar-refractivity contribution is 0.274. The van der Waals surface area contributed by atoms with E-state index < -0.39 is 5.69 Å². The van der Waals surface area contributed by atoms with Crippen molar-refractivity contribution >= 4 is 5.82 Å². The molecule has 1 fully saturated rings. The van der Waals surface area contributed by atoms with Crippen LogP contribution in [0.5, 0.6) is 0 Å². The lowest BCUT2D eigenvalue weighted by Gasteiger charge is -2.26. The van der Waals surface area contributed by atoms with Crippen LogP contribution in [-0.4, -0.2) is 20.9 Å². The Morgan fingerprint density at radius 2 is 2.05 bits per heavy atom. The molecule has 1 aliphatic rings. The summed E-state index contributed by atoms with van der Waals surface area (Å²) in [6, 6.07) is 0. The van der Waals surface area contributed by atoms with Crippen molar-refractivity contribution in [2.75, 3.05) is 11.9 Å². The monoisotopic (exact) mass is 280 g/mol. The van der Waals surface area contributed by atoms with Gasteiger partial charge in [0.25, 0.3) is 5.56 Å². The SMILES string of the molecule is CC1CCCC(CCNc2nn(C)c(=O)n(C)c2=O)C1. The Hall–Kier alpha value is -1.59. The molecule has 1 aliphatic carbocycles. The van der Waals surface area contributed by atoms with Crippen LogP contribution in [0, 0.1) is 11.8 Å². The van der Waals surface area contributed by atoms with Gasteiger partial charge in [-0.3, -0.25) is 9.36 Å². The summed E-state index contributed by atoms with van der Waals surface area (Å²) in [5, 5.41) is 7.07. The van der Waals surface area contributed by atoms with Crippen molar-refractivity contribution in [2.24, 2.45) is 25.9 Å². The standard InChI is InChI=1S/C14H24N4O2/c1-10-5-4-6-11(9-10)7-8-15-12-13(19)17(2)14(20)18(3)16-12/h10-11H,4-9H2,1-3H3,(H,15,16). The van der Waals surface area contributed by atoms with Crippen molar-refractivity contribution in [3.8, 4) is 0 Å². The second-order valence-corrected chi connectivity index (χ2v) is 5.97. The van der Waals surface area contributed by atoms with Crippen molar-refractivity contribution in [1.82, 2.24) is 14.3 Å². The maximum absolute atomic E-state index is 11.9. The second-order valence-electron chi connectivity index (χ2n) is 5.97. The number of hydrogen-bond donors (Lipinski definition) is 1. The van der Waals surface area contributed by atoms with E-state index in [-0.39, 0.29) is 11.4 Å². The summed E-state index contributed by atoms with van der Waals surface area (Å²) in [5.74, 6) is 1.82. The third-order valence-corrected chi connectivity index (χ3v) is 4.21. The molecule has 20 heavy (non-hydrogen) atoms. The number of rotatable bonds is 4. The molecule has 2 rings (SSSR count). The van der Waals surface area contributed by atoms with Gasteiger partial charge in [0.2, 0.25) is 5.82 Å². The van der Waals surface area contributed by atoms with E-state index >= 15 is 0 Å². The fraction of sp³-hybridized carbons (Fsp3) is 0.786. The Kier molecular flexibility index (Phi) is 4.62. The van der Waals surface area contributed by atoms with E-state index in [4.69, 9.17) is 0 Å². The molecule has 0 radical (unpaired) electrons. The highest BCUT2D eigenvalue weighted by atomic mass is 16.2. The first kappa shape index (κ1) is 14.8. The van der Waals surface area contributed by atoms with Gasteiger partial charge in [0.1, 0.15) is 0 Å². The lowest BCUT2D eigenvalue weighted by atomic mass is 9.81. The fourth-order valence-electron chi connectivity index (χ4n) is 3.03. The van der Waals surface area contributed by atoms with E-state index in [1.807, 2.05) is 0 Å². The first-order valence-corrected chi connectivity index (χ1v) is 7.37. The van der Waals surface area contributed by atoms with Crippen LogP contribution in [-0.2, 0) is 14.1 Å². The third-order valence-electron chi connectivity index (χ3n) is 4.21. The number of nitrogens with zero attached hydrogens (tertiary/aromatic N) is 3. The number of aromatic nitrogens is 3. The summed E-state index contributed by atoms with van der Waals surface area (Å²) in [6.45, 7) is 3.04. The average Bonchev–Trinajstić information content (AvgIpc) is 2.42. The molecule has 0 aliphatic heterocycles. The van der Waals surface area contributed by atoms with E-state index in [1.54, 1.807) is 7.05 Å². The molecule has 0 bridgehead atoms. The van der Waals surface area contributed by atoms with Crippen LogP contribution < -0.4 is 16.6 Å². The Morgan fingerprint density at radius 3 is 2.75 bits per heavy atom. The highest BCUT2D eigenvalue weighted by molar-refractivity contribution is 5.29. The summed E-state index contributed by atoms with van der Waals surface area (Å²) in [4.78, 5) is 23.4. The van der Waals surface area contributed by atoms with Gasteiger partial charge in [-0.15, -0.1) is 5.10 Å². The number of hydrogen-bond acceptors (Lipinski definition) is 4. The molecule has 1 N–H and O–H groups in total. The Labute approximate surface area is 118 Å². The first-order valence-electron chi connectivity index (χ1n) is 7.37. The van der Waals surface area contributed by atoms with Crippen molar-refractivity contribution in [2.45, 2.75) is 39.0 Å². The smallest absolute Gasteiger partial charge is 0.346 e. The van der Waals surface area contributed by atoms with Gasteiger partial charge in [-0.1, -0.05) is 26.2 Å². The molecule has 2 atom stereocenters. The van der Waals surface area contributed by atoms with Crippen LogP contribution in [0.25, 0.3) is 0 Å². The fourth-order valence-corrected chi connectivity index (χ4v) is 3.03. The predicted molar refractivity (Wildman–Crippen MR) is 78.9 cm³/mol. The van der Waals surface area contributed by atoms with Gasteiger partial charge in [-0.05, 0) is 24.7 Å². The maximum Gasteiger partial charge on any atom is 0.346 e. The van der Waals surface area contributed by atoms with Crippen LogP contribution in [0.2, 0.25) is 0 Å². The third kappa shape index (κ3) is 3.29. The molecule has 112 valence electrons. The quantitative estimate of drug-likeness (QED) is 0.897. The van der Waals surface area contributed by atoms with Gasteiger partial charge in [-0.2, -0.15) is 0 Å². The van der Waals surface area contributed by atoms with Gasteiger partial charge >= 0.3 is 5.69 Å². The Bertz CT molecular complexity index is 576. The lowest BCUT2D eigenvalue weighted by Crippen LogP contribution is -2.40. The Morgan fingerprint density at radius 1 is 1.30 bits per heavy atom. The molecule has 0 aromatic carbocycles. The minimum atomic E-state index is -0.401. The molecular formula is C14H24N4O2. The van der Waals surface area contributed by atoms with Crippen LogP contribution in [0.3, 0.4) is 0 Å². The largest absolute Gasteiger partial charge is 0.364 e. The van der Waals surface area contributed by atoms with Crippen LogP contribution in [0.1, 0.15) is 39.0 Å². The molecule has 0 amide bonds. The zero-order chi connectivity index (χ0) is 14.7. The Balaban J connectivity index is 1.95. The van der Waals surface area contributed by atoms with Crippen molar-refractivity contribution in [1.29, 1.82) is 0 Å². The van der Waals surface area contributed by atoms with Crippen LogP contribution in [0.15, 0.2) is 9.59 Å². The second kappa shape index (κ2) is 6.24. The van der Waals surface area contributed by atoms with E-state index in [2.05, 4.69) is 17.3 Å². The van der Waals surface area contributed by atoms with E-state index in [0.717, 1.165) is 29.4 Å². The molecule has 6 heteroatoms. The number of aryl methyl sites for hydroxylation is 1. The molecular weight excluding hydrogens is 256 g/mol. The van der Waals surface area contributed by atoms with Crippen LogP contribution >= 0.6 is 0 Å². The molecule has 0 spiro atoms. The zero-order valence-electron chi connectivity index (χ0n) is 12.6.